The first-order valence-corrected chi connectivity index (χ1v) is 26.4. The van der Waals surface area contributed by atoms with Gasteiger partial charge in [0.05, 0.1) is 58.0 Å². The topological polar surface area (TPSA) is 215 Å². The number of amides is 2. The number of carbonyl (C=O) groups is 1. The molecule has 65 heavy (non-hydrogen) atoms. The zero-order valence-corrected chi connectivity index (χ0v) is 41.6. The summed E-state index contributed by atoms with van der Waals surface area (Å²) in [5, 5.41) is 6.59. The van der Waals surface area contributed by atoms with Gasteiger partial charge in [-0.25, -0.2) is 4.79 Å². The van der Waals surface area contributed by atoms with Crippen LogP contribution in [0.5, 0.6) is 0 Å². The number of nitrogens with two attached hydrogens (primary N) is 3. The summed E-state index contributed by atoms with van der Waals surface area (Å²) >= 11 is 0. The number of nitrogens with zero attached hydrogens (tertiary/aromatic N) is 4. The molecule has 0 bridgehead atoms. The Morgan fingerprint density at radius 1 is 0.754 bits per heavy atom. The molecule has 4 aliphatic rings. The summed E-state index contributed by atoms with van der Waals surface area (Å²) in [6, 6.07) is 0.00413. The Bertz CT molecular complexity index is 1330. The van der Waals surface area contributed by atoms with E-state index in [1.165, 1.54) is 44.9 Å². The van der Waals surface area contributed by atoms with Crippen molar-refractivity contribution in [3.8, 4) is 0 Å². The number of azide groups is 1. The molecule has 0 aromatic rings. The van der Waals surface area contributed by atoms with E-state index in [2.05, 4.69) is 47.9 Å². The van der Waals surface area contributed by atoms with Gasteiger partial charge in [-0.1, -0.05) is 64.9 Å². The Labute approximate surface area is 394 Å². The van der Waals surface area contributed by atoms with Crippen LogP contribution in [0.2, 0.25) is 0 Å². The van der Waals surface area contributed by atoms with E-state index < -0.39 is 0 Å². The quantitative estimate of drug-likeness (QED) is 0.0205. The van der Waals surface area contributed by atoms with Gasteiger partial charge in [-0.05, 0) is 150 Å². The van der Waals surface area contributed by atoms with E-state index in [1.807, 2.05) is 0 Å². The average Bonchev–Trinajstić information content (AvgIpc) is 3.66. The van der Waals surface area contributed by atoms with Crippen LogP contribution in [-0.4, -0.2) is 135 Å². The van der Waals surface area contributed by atoms with Crippen molar-refractivity contribution < 1.29 is 33.2 Å². The van der Waals surface area contributed by atoms with E-state index in [1.54, 1.807) is 0 Å². The molecule has 0 saturated heterocycles. The number of hydrogen-bond acceptors (Lipinski definition) is 11. The summed E-state index contributed by atoms with van der Waals surface area (Å²) < 4.78 is 37.2. The van der Waals surface area contributed by atoms with Gasteiger partial charge in [-0.3, -0.25) is 0 Å². The summed E-state index contributed by atoms with van der Waals surface area (Å²) in [4.78, 5) is 18.4. The fraction of sp³-hybridized carbons (Fsp3) is 0.980. The zero-order valence-electron chi connectivity index (χ0n) is 41.6. The van der Waals surface area contributed by atoms with Crippen molar-refractivity contribution in [1.82, 2.24) is 10.2 Å². The third-order valence-electron chi connectivity index (χ3n) is 16.3. The second-order valence-electron chi connectivity index (χ2n) is 20.4. The average molecular weight is 921 g/mol. The molecule has 0 aliphatic heterocycles. The van der Waals surface area contributed by atoms with Crippen LogP contribution in [-0.2, 0) is 28.4 Å². The monoisotopic (exact) mass is 921 g/mol. The molecule has 11 atom stereocenters. The highest BCUT2D eigenvalue weighted by molar-refractivity contribution is 5.74. The Balaban J connectivity index is 1.38. The number of nitrogens with one attached hydrogen (secondary N) is 1. The summed E-state index contributed by atoms with van der Waals surface area (Å²) in [6.45, 7) is 19.0. The molecule has 4 aliphatic carbocycles. The number of rotatable bonds is 36. The molecular formula is C50H96N8O7. The molecule has 0 aromatic heterocycles. The SMILES string of the molecule is CCCCCCCCN(CCC[C@@H](C)[C@H]1CC[C@H]2[C@@H]3[C@H](OCCCN)C[C@@H]4C[C@H](OCCCN)CC[C@]4(C)[C@H]3C[C@H](OCCCN)[C@]12C)C(=O)NCCOCCOCCOCCN=[N+]=[N-]. The van der Waals surface area contributed by atoms with Crippen molar-refractivity contribution in [2.75, 3.05) is 105 Å². The van der Waals surface area contributed by atoms with E-state index in [0.29, 0.717) is 121 Å². The fourth-order valence-corrected chi connectivity index (χ4v) is 12.8. The Morgan fingerprint density at radius 2 is 1.40 bits per heavy atom. The highest BCUT2D eigenvalue weighted by atomic mass is 16.5. The van der Waals surface area contributed by atoms with Crippen molar-refractivity contribution >= 4 is 6.03 Å². The Hall–Kier alpha value is -1.78. The van der Waals surface area contributed by atoms with Crippen LogP contribution in [0, 0.1) is 46.3 Å². The molecule has 4 fully saturated rings. The van der Waals surface area contributed by atoms with Crippen LogP contribution >= 0.6 is 0 Å². The molecule has 0 radical (unpaired) electrons. The molecule has 378 valence electrons. The number of fused-ring (bicyclic) bond motifs is 5. The number of ether oxygens (including phenoxy) is 6. The first kappa shape index (κ1) is 55.8. The maximum absolute atomic E-state index is 13.7. The highest BCUT2D eigenvalue weighted by Crippen LogP contribution is 2.69. The van der Waals surface area contributed by atoms with E-state index in [9.17, 15) is 4.79 Å². The molecule has 0 heterocycles. The second-order valence-corrected chi connectivity index (χ2v) is 20.4. The minimum Gasteiger partial charge on any atom is -0.379 e. The van der Waals surface area contributed by atoms with E-state index in [4.69, 9.17) is 51.2 Å². The summed E-state index contributed by atoms with van der Waals surface area (Å²) in [5.41, 5.74) is 26.5. The van der Waals surface area contributed by atoms with Crippen LogP contribution in [0.15, 0.2) is 5.11 Å². The lowest BCUT2D eigenvalue weighted by molar-refractivity contribution is -0.227. The molecule has 4 saturated carbocycles. The molecule has 0 spiro atoms. The molecule has 7 N–H and O–H groups in total. The summed E-state index contributed by atoms with van der Waals surface area (Å²) in [7, 11) is 0. The predicted molar refractivity (Wildman–Crippen MR) is 259 cm³/mol. The van der Waals surface area contributed by atoms with E-state index >= 15 is 0 Å². The Kier molecular flexibility index (Phi) is 26.9. The van der Waals surface area contributed by atoms with Crippen molar-refractivity contribution in [2.24, 2.45) is 68.7 Å². The van der Waals surface area contributed by atoms with Gasteiger partial charge < -0.3 is 55.8 Å². The van der Waals surface area contributed by atoms with Gasteiger partial charge in [0.15, 0.2) is 0 Å². The van der Waals surface area contributed by atoms with Gasteiger partial charge in [0.2, 0.25) is 0 Å². The first-order valence-electron chi connectivity index (χ1n) is 26.4. The van der Waals surface area contributed by atoms with Crippen LogP contribution in [0.1, 0.15) is 143 Å². The largest absolute Gasteiger partial charge is 0.379 e. The standard InChI is InChI=1S/C50H96N8O7/c1-5-6-7-8-9-10-25-58(48(59)55-23-30-60-32-34-62-35-33-61-31-24-56-57-54)26-11-15-39(2)42-16-17-43-47-44(38-46(50(42,43)4)65-29-14-22-53)49(3)19-18-41(63-27-12-20-51)36-40(49)37-45(47)64-28-13-21-52/h39-47H,5-38,51-53H2,1-4H3,(H,55,59)/t39-,40+,41-,42-,43+,44+,45-,46+,47+,49+,50-/m1/s1. The molecule has 0 aromatic carbocycles. The predicted octanol–water partition coefficient (Wildman–Crippen LogP) is 8.22. The molecule has 4 rings (SSSR count). The number of unbranched alkanes of at least 4 members (excludes halogenated alkanes) is 5. The van der Waals surface area contributed by atoms with Gasteiger partial charge in [0, 0.05) is 56.3 Å². The molecule has 15 nitrogen and oxygen atoms in total. The summed E-state index contributed by atoms with van der Waals surface area (Å²) in [5.74, 6) is 3.20. The van der Waals surface area contributed by atoms with E-state index in [0.717, 1.165) is 96.9 Å². The lowest BCUT2D eigenvalue weighted by atomic mass is 9.43. The highest BCUT2D eigenvalue weighted by Gasteiger charge is 2.66. The number of hydrogen-bond donors (Lipinski definition) is 4. The third-order valence-corrected chi connectivity index (χ3v) is 16.3. The maximum Gasteiger partial charge on any atom is 0.317 e. The minimum absolute atomic E-state index is 0.00413. The fourth-order valence-electron chi connectivity index (χ4n) is 12.8. The van der Waals surface area contributed by atoms with Crippen molar-refractivity contribution in [1.29, 1.82) is 0 Å². The Morgan fingerprint density at radius 3 is 2.11 bits per heavy atom. The van der Waals surface area contributed by atoms with E-state index in [-0.39, 0.29) is 29.1 Å². The normalized spacial score (nSPS) is 30.0. The van der Waals surface area contributed by atoms with Crippen molar-refractivity contribution in [2.45, 2.75) is 162 Å². The maximum atomic E-state index is 13.7. The van der Waals surface area contributed by atoms with Crippen LogP contribution in [0.3, 0.4) is 0 Å². The van der Waals surface area contributed by atoms with Gasteiger partial charge in [0.1, 0.15) is 0 Å². The minimum atomic E-state index is 0.00413. The van der Waals surface area contributed by atoms with Crippen LogP contribution in [0.4, 0.5) is 4.79 Å². The summed E-state index contributed by atoms with van der Waals surface area (Å²) in [6.07, 6.45) is 20.7. The van der Waals surface area contributed by atoms with Gasteiger partial charge in [-0.15, -0.1) is 0 Å². The van der Waals surface area contributed by atoms with Crippen molar-refractivity contribution in [3.63, 3.8) is 0 Å². The van der Waals surface area contributed by atoms with Gasteiger partial charge >= 0.3 is 6.03 Å². The first-order chi connectivity index (χ1) is 31.7. The number of urea groups is 1. The molecule has 2 amide bonds. The lowest BCUT2D eigenvalue weighted by Gasteiger charge is -2.65. The zero-order chi connectivity index (χ0) is 46.8. The number of carbonyl (C=O) groups excluding carboxylic acids is 1. The smallest absolute Gasteiger partial charge is 0.317 e. The van der Waals surface area contributed by atoms with Crippen molar-refractivity contribution in [3.05, 3.63) is 10.4 Å². The van der Waals surface area contributed by atoms with Crippen LogP contribution in [0.25, 0.3) is 10.4 Å². The molecule has 15 heteroatoms. The second kappa shape index (κ2) is 31.4. The van der Waals surface area contributed by atoms with Crippen LogP contribution < -0.4 is 22.5 Å². The van der Waals surface area contributed by atoms with Gasteiger partial charge in [0.25, 0.3) is 0 Å². The van der Waals surface area contributed by atoms with Gasteiger partial charge in [-0.2, -0.15) is 0 Å². The third kappa shape index (κ3) is 17.0. The molecular weight excluding hydrogens is 825 g/mol. The molecule has 0 unspecified atom stereocenters. The lowest BCUT2D eigenvalue weighted by Crippen LogP contribution is -2.63.